The van der Waals surface area contributed by atoms with Crippen LogP contribution in [0.5, 0.6) is 0 Å². The molecule has 1 aromatic carbocycles. The van der Waals surface area contributed by atoms with E-state index in [0.717, 1.165) is 5.56 Å². The number of anilines is 1. The molecule has 4 nitrogen and oxygen atoms in total. The smallest absolute Gasteiger partial charge is 0.335 e. The molecule has 0 aliphatic rings. The molecule has 1 aromatic heterocycles. The quantitative estimate of drug-likeness (QED) is 0.860. The Bertz CT molecular complexity index is 567. The lowest BCUT2D eigenvalue weighted by Gasteiger charge is -2.16. The number of aromatic nitrogens is 1. The molecule has 0 fully saturated rings. The molecule has 0 aliphatic carbocycles. The number of hydrogen-bond acceptors (Lipinski definition) is 5. The molecule has 0 saturated carbocycles. The average Bonchev–Trinajstić information content (AvgIpc) is 2.88. The summed E-state index contributed by atoms with van der Waals surface area (Å²) in [5, 5.41) is 5.35. The predicted octanol–water partition coefficient (Wildman–Crippen LogP) is 3.31. The number of halogens is 1. The van der Waals surface area contributed by atoms with Crippen LogP contribution in [0, 0.1) is 12.7 Å². The zero-order valence-electron chi connectivity index (χ0n) is 11.2. The Balaban J connectivity index is 2.25. The number of carbonyl (C=O) groups excluding carboxylic acids is 1. The Kier molecular flexibility index (Phi) is 4.68. The number of benzene rings is 1. The van der Waals surface area contributed by atoms with Gasteiger partial charge in [-0.1, -0.05) is 0 Å². The van der Waals surface area contributed by atoms with Gasteiger partial charge in [-0.05, 0) is 37.6 Å². The first-order valence-electron chi connectivity index (χ1n) is 6.20. The minimum atomic E-state index is -0.726. The number of hydrogen-bond donors (Lipinski definition) is 1. The van der Waals surface area contributed by atoms with Gasteiger partial charge in [-0.3, -0.25) is 0 Å². The first kappa shape index (κ1) is 14.5. The lowest BCUT2D eigenvalue weighted by Crippen LogP contribution is -2.23. The van der Waals surface area contributed by atoms with E-state index in [1.165, 1.54) is 23.5 Å². The number of thiazole rings is 1. The standard InChI is InChI=1S/C14H15FN2O2S/c1-3-19-14(18)12(13-16-4-5-20-13)17-11-7-9(2)6-10(15)8-11/h4-8,12,17H,3H2,1-2H3. The summed E-state index contributed by atoms with van der Waals surface area (Å²) in [5.41, 5.74) is 1.30. The lowest BCUT2D eigenvalue weighted by molar-refractivity contribution is -0.144. The van der Waals surface area contributed by atoms with E-state index in [-0.39, 0.29) is 12.4 Å². The highest BCUT2D eigenvalue weighted by atomic mass is 32.1. The second-order valence-electron chi connectivity index (χ2n) is 4.22. The summed E-state index contributed by atoms with van der Waals surface area (Å²) in [6.45, 7) is 3.81. The van der Waals surface area contributed by atoms with E-state index in [1.807, 2.05) is 0 Å². The Morgan fingerprint density at radius 1 is 1.50 bits per heavy atom. The van der Waals surface area contributed by atoms with E-state index in [1.54, 1.807) is 31.5 Å². The van der Waals surface area contributed by atoms with Crippen LogP contribution in [0.3, 0.4) is 0 Å². The van der Waals surface area contributed by atoms with Gasteiger partial charge in [-0.2, -0.15) is 0 Å². The average molecular weight is 294 g/mol. The van der Waals surface area contributed by atoms with E-state index in [4.69, 9.17) is 4.74 Å². The summed E-state index contributed by atoms with van der Waals surface area (Å²) in [5.74, 6) is -0.779. The molecule has 2 aromatic rings. The van der Waals surface area contributed by atoms with E-state index in [2.05, 4.69) is 10.3 Å². The Labute approximate surface area is 120 Å². The molecule has 1 heterocycles. The molecule has 1 atom stereocenters. The minimum Gasteiger partial charge on any atom is -0.464 e. The van der Waals surface area contributed by atoms with Gasteiger partial charge in [0.2, 0.25) is 0 Å². The molecule has 0 amide bonds. The van der Waals surface area contributed by atoms with Crippen molar-refractivity contribution < 1.29 is 13.9 Å². The predicted molar refractivity (Wildman–Crippen MR) is 76.2 cm³/mol. The van der Waals surface area contributed by atoms with Gasteiger partial charge in [0.1, 0.15) is 10.8 Å². The zero-order valence-corrected chi connectivity index (χ0v) is 12.0. The number of carbonyl (C=O) groups is 1. The first-order valence-corrected chi connectivity index (χ1v) is 7.08. The van der Waals surface area contributed by atoms with Crippen LogP contribution in [0.15, 0.2) is 29.8 Å². The maximum Gasteiger partial charge on any atom is 0.335 e. The highest BCUT2D eigenvalue weighted by molar-refractivity contribution is 7.09. The molecule has 6 heteroatoms. The maximum absolute atomic E-state index is 13.4. The van der Waals surface area contributed by atoms with Crippen LogP contribution in [0.2, 0.25) is 0 Å². The summed E-state index contributed by atoms with van der Waals surface area (Å²) >= 11 is 1.34. The van der Waals surface area contributed by atoms with Crippen molar-refractivity contribution in [3.63, 3.8) is 0 Å². The van der Waals surface area contributed by atoms with Crippen molar-refractivity contribution in [3.05, 3.63) is 46.2 Å². The van der Waals surface area contributed by atoms with Crippen molar-refractivity contribution >= 4 is 23.0 Å². The fourth-order valence-corrected chi connectivity index (χ4v) is 2.48. The third-order valence-electron chi connectivity index (χ3n) is 2.57. The van der Waals surface area contributed by atoms with Crippen LogP contribution in [-0.2, 0) is 9.53 Å². The van der Waals surface area contributed by atoms with Crippen molar-refractivity contribution in [1.82, 2.24) is 4.98 Å². The van der Waals surface area contributed by atoms with E-state index in [9.17, 15) is 9.18 Å². The SMILES string of the molecule is CCOC(=O)C(Nc1cc(C)cc(F)c1)c1nccs1. The van der Waals surface area contributed by atoms with Gasteiger partial charge < -0.3 is 10.1 Å². The Hall–Kier alpha value is -1.95. The first-order chi connectivity index (χ1) is 9.60. The number of aryl methyl sites for hydroxylation is 1. The summed E-state index contributed by atoms with van der Waals surface area (Å²) < 4.78 is 18.4. The fourth-order valence-electron chi connectivity index (χ4n) is 1.81. The van der Waals surface area contributed by atoms with Gasteiger partial charge >= 0.3 is 5.97 Å². The number of rotatable bonds is 5. The molecule has 0 saturated heterocycles. The molecular weight excluding hydrogens is 279 g/mol. The molecule has 0 spiro atoms. The molecule has 20 heavy (non-hydrogen) atoms. The molecule has 0 bridgehead atoms. The van der Waals surface area contributed by atoms with Gasteiger partial charge in [0.25, 0.3) is 0 Å². The number of esters is 1. The van der Waals surface area contributed by atoms with Gasteiger partial charge in [-0.25, -0.2) is 14.2 Å². The second-order valence-corrected chi connectivity index (χ2v) is 5.14. The van der Waals surface area contributed by atoms with Crippen molar-refractivity contribution in [3.8, 4) is 0 Å². The molecule has 1 N–H and O–H groups in total. The van der Waals surface area contributed by atoms with E-state index in [0.29, 0.717) is 10.7 Å². The normalized spacial score (nSPS) is 11.9. The largest absolute Gasteiger partial charge is 0.464 e. The van der Waals surface area contributed by atoms with Crippen molar-refractivity contribution in [1.29, 1.82) is 0 Å². The van der Waals surface area contributed by atoms with E-state index < -0.39 is 12.0 Å². The topological polar surface area (TPSA) is 51.2 Å². The molecule has 106 valence electrons. The highest BCUT2D eigenvalue weighted by Gasteiger charge is 2.24. The minimum absolute atomic E-state index is 0.282. The van der Waals surface area contributed by atoms with Crippen LogP contribution < -0.4 is 5.32 Å². The summed E-state index contributed by atoms with van der Waals surface area (Å²) in [7, 11) is 0. The van der Waals surface area contributed by atoms with Crippen molar-refractivity contribution in [2.45, 2.75) is 19.9 Å². The van der Waals surface area contributed by atoms with Crippen LogP contribution in [0.1, 0.15) is 23.5 Å². The maximum atomic E-state index is 13.4. The van der Waals surface area contributed by atoms with Crippen molar-refractivity contribution in [2.75, 3.05) is 11.9 Å². The third kappa shape index (κ3) is 3.54. The molecule has 2 rings (SSSR count). The van der Waals surface area contributed by atoms with Crippen LogP contribution >= 0.6 is 11.3 Å². The molecule has 1 unspecified atom stereocenters. The summed E-state index contributed by atoms with van der Waals surface area (Å²) in [6, 6.07) is 3.81. The van der Waals surface area contributed by atoms with Gasteiger partial charge in [0.05, 0.1) is 6.61 Å². The molecule has 0 radical (unpaired) electrons. The highest BCUT2D eigenvalue weighted by Crippen LogP contribution is 2.24. The van der Waals surface area contributed by atoms with Crippen LogP contribution in [0.4, 0.5) is 10.1 Å². The van der Waals surface area contributed by atoms with Gasteiger partial charge in [-0.15, -0.1) is 11.3 Å². The fraction of sp³-hybridized carbons (Fsp3) is 0.286. The molecular formula is C14H15FN2O2S. The number of ether oxygens (including phenoxy) is 1. The van der Waals surface area contributed by atoms with Gasteiger partial charge in [0, 0.05) is 17.3 Å². The zero-order chi connectivity index (χ0) is 14.5. The van der Waals surface area contributed by atoms with Gasteiger partial charge in [0.15, 0.2) is 6.04 Å². The number of nitrogens with one attached hydrogen (secondary N) is 1. The van der Waals surface area contributed by atoms with E-state index >= 15 is 0 Å². The van der Waals surface area contributed by atoms with Crippen LogP contribution in [0.25, 0.3) is 0 Å². The number of nitrogens with zero attached hydrogens (tertiary/aromatic N) is 1. The summed E-state index contributed by atoms with van der Waals surface area (Å²) in [6.07, 6.45) is 1.62. The van der Waals surface area contributed by atoms with Crippen LogP contribution in [-0.4, -0.2) is 17.6 Å². The van der Waals surface area contributed by atoms with Crippen molar-refractivity contribution in [2.24, 2.45) is 0 Å². The Morgan fingerprint density at radius 2 is 2.30 bits per heavy atom. The second kappa shape index (κ2) is 6.47. The monoisotopic (exact) mass is 294 g/mol. The molecule has 0 aliphatic heterocycles. The third-order valence-corrected chi connectivity index (χ3v) is 3.41. The summed E-state index contributed by atoms with van der Waals surface area (Å²) in [4.78, 5) is 16.1. The lowest BCUT2D eigenvalue weighted by atomic mass is 10.2. The Morgan fingerprint density at radius 3 is 2.90 bits per heavy atom.